The second-order valence-corrected chi connectivity index (χ2v) is 3.33. The van der Waals surface area contributed by atoms with Gasteiger partial charge < -0.3 is 5.73 Å². The first-order chi connectivity index (χ1) is 5.77. The molecule has 0 heterocycles. The molecule has 2 heteroatoms. The summed E-state index contributed by atoms with van der Waals surface area (Å²) in [7, 11) is 0. The first-order valence-electron chi connectivity index (χ1n) is 4.18. The summed E-state index contributed by atoms with van der Waals surface area (Å²) in [5, 5.41) is 7.18. The van der Waals surface area contributed by atoms with Gasteiger partial charge in [0.2, 0.25) is 0 Å². The number of nitrogens with one attached hydrogen (secondary N) is 1. The minimum absolute atomic E-state index is 0.300. The number of nitrogens with two attached hydrogens (primary N) is 1. The summed E-state index contributed by atoms with van der Waals surface area (Å²) >= 11 is 0. The topological polar surface area (TPSA) is 49.9 Å². The first kappa shape index (κ1) is 7.35. The Balaban J connectivity index is 2.15. The van der Waals surface area contributed by atoms with Crippen molar-refractivity contribution in [2.24, 2.45) is 5.73 Å². The molecule has 1 atom stereocenters. The van der Waals surface area contributed by atoms with E-state index >= 15 is 0 Å². The Morgan fingerprint density at radius 3 is 2.92 bits per heavy atom. The fourth-order valence-electron chi connectivity index (χ4n) is 1.81. The summed E-state index contributed by atoms with van der Waals surface area (Å²) in [4.78, 5) is 0. The lowest BCUT2D eigenvalue weighted by Crippen LogP contribution is -2.23. The van der Waals surface area contributed by atoms with Crippen LogP contribution in [0.3, 0.4) is 0 Å². The molecule has 0 amide bonds. The minimum Gasteiger partial charge on any atom is -0.388 e. The Morgan fingerprint density at radius 2 is 2.25 bits per heavy atom. The largest absolute Gasteiger partial charge is 0.388 e. The molecule has 0 spiro atoms. The van der Waals surface area contributed by atoms with Gasteiger partial charge in [0, 0.05) is 6.42 Å². The zero-order valence-electron chi connectivity index (χ0n) is 6.88. The van der Waals surface area contributed by atoms with E-state index in [9.17, 15) is 0 Å². The molecule has 12 heavy (non-hydrogen) atoms. The highest BCUT2D eigenvalue weighted by molar-refractivity contribution is 5.78. The number of rotatable bonds is 2. The summed E-state index contributed by atoms with van der Waals surface area (Å²) in [6, 6.07) is 8.38. The number of benzene rings is 1. The van der Waals surface area contributed by atoms with Crippen molar-refractivity contribution in [3.05, 3.63) is 35.4 Å². The van der Waals surface area contributed by atoms with Crippen LogP contribution in [0.1, 0.15) is 23.5 Å². The van der Waals surface area contributed by atoms with Gasteiger partial charge in [0.15, 0.2) is 0 Å². The van der Waals surface area contributed by atoms with Crippen LogP contribution < -0.4 is 5.73 Å². The summed E-state index contributed by atoms with van der Waals surface area (Å²) < 4.78 is 0. The third-order valence-electron chi connectivity index (χ3n) is 2.43. The molecule has 1 aliphatic rings. The summed E-state index contributed by atoms with van der Waals surface area (Å²) in [5.74, 6) is 0.813. The third-order valence-corrected chi connectivity index (χ3v) is 2.43. The van der Waals surface area contributed by atoms with Gasteiger partial charge in [-0.25, -0.2) is 0 Å². The number of amidine groups is 1. The maximum absolute atomic E-state index is 7.18. The van der Waals surface area contributed by atoms with Gasteiger partial charge in [0.1, 0.15) is 0 Å². The Hall–Kier alpha value is -1.31. The van der Waals surface area contributed by atoms with E-state index < -0.39 is 0 Å². The van der Waals surface area contributed by atoms with Crippen molar-refractivity contribution in [3.63, 3.8) is 0 Å². The Morgan fingerprint density at radius 1 is 1.50 bits per heavy atom. The first-order valence-corrected chi connectivity index (χ1v) is 4.18. The van der Waals surface area contributed by atoms with E-state index in [0.29, 0.717) is 11.8 Å². The molecule has 1 aromatic carbocycles. The summed E-state index contributed by atoms with van der Waals surface area (Å²) in [6.07, 6.45) is 1.81. The molecule has 1 unspecified atom stereocenters. The van der Waals surface area contributed by atoms with E-state index in [-0.39, 0.29) is 0 Å². The van der Waals surface area contributed by atoms with Gasteiger partial charge in [-0.15, -0.1) is 0 Å². The molecular formula is C10H12N2. The molecule has 62 valence electrons. The number of hydrogen-bond acceptors (Lipinski definition) is 1. The quantitative estimate of drug-likeness (QED) is 0.501. The normalized spacial score (nSPS) is 19.5. The average molecular weight is 160 g/mol. The van der Waals surface area contributed by atoms with E-state index in [1.165, 1.54) is 11.1 Å². The highest BCUT2D eigenvalue weighted by atomic mass is 14.7. The van der Waals surface area contributed by atoms with Gasteiger partial charge in [-0.05, 0) is 23.5 Å². The molecule has 2 rings (SSSR count). The molecule has 0 aromatic heterocycles. The van der Waals surface area contributed by atoms with Gasteiger partial charge in [-0.1, -0.05) is 24.3 Å². The van der Waals surface area contributed by atoms with Gasteiger partial charge in [-0.2, -0.15) is 0 Å². The van der Waals surface area contributed by atoms with Crippen LogP contribution in [0.25, 0.3) is 0 Å². The average Bonchev–Trinajstić information content (AvgIpc) is 2.00. The maximum atomic E-state index is 7.18. The molecule has 0 saturated heterocycles. The van der Waals surface area contributed by atoms with Crippen LogP contribution in [-0.4, -0.2) is 5.84 Å². The Bertz CT molecular complexity index is 317. The molecule has 0 saturated carbocycles. The zero-order valence-corrected chi connectivity index (χ0v) is 6.88. The van der Waals surface area contributed by atoms with E-state index in [1.54, 1.807) is 0 Å². The van der Waals surface area contributed by atoms with Crippen LogP contribution in [0.15, 0.2) is 24.3 Å². The lowest BCUT2D eigenvalue weighted by molar-refractivity contribution is 0.627. The fourth-order valence-corrected chi connectivity index (χ4v) is 1.81. The van der Waals surface area contributed by atoms with Crippen molar-refractivity contribution >= 4 is 5.84 Å². The van der Waals surface area contributed by atoms with Gasteiger partial charge in [-0.3, -0.25) is 5.41 Å². The maximum Gasteiger partial charge on any atom is 0.0911 e. The highest BCUT2D eigenvalue weighted by Crippen LogP contribution is 2.36. The van der Waals surface area contributed by atoms with Gasteiger partial charge in [0.05, 0.1) is 5.84 Å². The van der Waals surface area contributed by atoms with Crippen molar-refractivity contribution in [1.82, 2.24) is 0 Å². The lowest BCUT2D eigenvalue weighted by atomic mass is 9.76. The molecule has 2 nitrogen and oxygen atoms in total. The van der Waals surface area contributed by atoms with E-state index in [4.69, 9.17) is 11.1 Å². The van der Waals surface area contributed by atoms with E-state index in [2.05, 4.69) is 18.2 Å². The van der Waals surface area contributed by atoms with Crippen LogP contribution >= 0.6 is 0 Å². The second-order valence-electron chi connectivity index (χ2n) is 3.33. The predicted octanol–water partition coefficient (Wildman–Crippen LogP) is 1.65. The highest BCUT2D eigenvalue weighted by Gasteiger charge is 2.25. The molecular weight excluding hydrogens is 148 g/mol. The van der Waals surface area contributed by atoms with Crippen molar-refractivity contribution in [3.8, 4) is 0 Å². The van der Waals surface area contributed by atoms with E-state index in [1.807, 2.05) is 6.07 Å². The molecule has 0 bridgehead atoms. The predicted molar refractivity (Wildman–Crippen MR) is 49.4 cm³/mol. The Kier molecular flexibility index (Phi) is 1.61. The third kappa shape index (κ3) is 1.09. The molecule has 1 aromatic rings. The second kappa shape index (κ2) is 2.63. The summed E-state index contributed by atoms with van der Waals surface area (Å²) in [6.45, 7) is 0. The van der Waals surface area contributed by atoms with Crippen molar-refractivity contribution < 1.29 is 0 Å². The van der Waals surface area contributed by atoms with Crippen LogP contribution in [0.5, 0.6) is 0 Å². The number of fused-ring (bicyclic) bond motifs is 1. The minimum atomic E-state index is 0.300. The van der Waals surface area contributed by atoms with Gasteiger partial charge >= 0.3 is 0 Å². The zero-order chi connectivity index (χ0) is 8.55. The SMILES string of the molecule is N=C(N)CC1Cc2ccccc21. The van der Waals surface area contributed by atoms with Crippen molar-refractivity contribution in [2.45, 2.75) is 18.8 Å². The smallest absolute Gasteiger partial charge is 0.0911 e. The number of hydrogen-bond donors (Lipinski definition) is 2. The Labute approximate surface area is 71.9 Å². The lowest BCUT2D eigenvalue weighted by Gasteiger charge is -2.29. The molecule has 0 radical (unpaired) electrons. The molecule has 0 fully saturated rings. The van der Waals surface area contributed by atoms with E-state index in [0.717, 1.165) is 12.8 Å². The van der Waals surface area contributed by atoms with Crippen LogP contribution in [0.2, 0.25) is 0 Å². The molecule has 3 N–H and O–H groups in total. The van der Waals surface area contributed by atoms with Gasteiger partial charge in [0.25, 0.3) is 0 Å². The fraction of sp³-hybridized carbons (Fsp3) is 0.300. The van der Waals surface area contributed by atoms with Crippen LogP contribution in [-0.2, 0) is 6.42 Å². The summed E-state index contributed by atoms with van der Waals surface area (Å²) in [5.41, 5.74) is 8.15. The van der Waals surface area contributed by atoms with Crippen molar-refractivity contribution in [2.75, 3.05) is 0 Å². The standard InChI is InChI=1S/C10H12N2/c11-10(12)6-8-5-7-3-1-2-4-9(7)8/h1-4,8H,5-6H2,(H3,11,12). The molecule has 1 aliphatic carbocycles. The monoisotopic (exact) mass is 160 g/mol. The van der Waals surface area contributed by atoms with Crippen molar-refractivity contribution in [1.29, 1.82) is 5.41 Å². The van der Waals surface area contributed by atoms with Crippen LogP contribution in [0.4, 0.5) is 0 Å². The molecule has 0 aliphatic heterocycles. The van der Waals surface area contributed by atoms with Crippen LogP contribution in [0, 0.1) is 5.41 Å².